The zero-order valence-corrected chi connectivity index (χ0v) is 13.6. The fourth-order valence-corrected chi connectivity index (χ4v) is 3.94. The monoisotopic (exact) mass is 309 g/mol. The van der Waals surface area contributed by atoms with E-state index in [0.29, 0.717) is 5.69 Å². The zero-order valence-electron chi connectivity index (χ0n) is 13.6. The summed E-state index contributed by atoms with van der Waals surface area (Å²) in [5.41, 5.74) is 1.72. The molecule has 2 aromatic rings. The fourth-order valence-electron chi connectivity index (χ4n) is 3.94. The van der Waals surface area contributed by atoms with Crippen LogP contribution in [0.1, 0.15) is 35.3 Å². The van der Waals surface area contributed by atoms with Gasteiger partial charge in [-0.1, -0.05) is 23.8 Å². The van der Waals surface area contributed by atoms with Crippen molar-refractivity contribution >= 4 is 16.7 Å². The Balaban J connectivity index is 1.52. The lowest BCUT2D eigenvalue weighted by molar-refractivity contribution is 0.0924. The van der Waals surface area contributed by atoms with E-state index in [1.807, 2.05) is 6.07 Å². The van der Waals surface area contributed by atoms with E-state index in [1.165, 1.54) is 31.5 Å². The second kappa shape index (κ2) is 5.93. The molecular formula is C19H23N3O. The molecule has 0 saturated carbocycles. The number of aryl methyl sites for hydroxylation is 1. The van der Waals surface area contributed by atoms with Crippen molar-refractivity contribution in [2.24, 2.45) is 5.92 Å². The van der Waals surface area contributed by atoms with Crippen molar-refractivity contribution in [2.75, 3.05) is 19.6 Å². The third-order valence-corrected chi connectivity index (χ3v) is 5.25. The number of fused-ring (bicyclic) bond motifs is 5. The van der Waals surface area contributed by atoms with Crippen molar-refractivity contribution in [3.05, 3.63) is 41.7 Å². The molecule has 1 atom stereocenters. The van der Waals surface area contributed by atoms with Crippen LogP contribution >= 0.6 is 0 Å². The smallest absolute Gasteiger partial charge is 0.270 e. The molecule has 3 aliphatic rings. The third-order valence-electron chi connectivity index (χ3n) is 5.25. The first-order valence-electron chi connectivity index (χ1n) is 8.57. The molecule has 0 aliphatic carbocycles. The maximum absolute atomic E-state index is 12.6. The van der Waals surface area contributed by atoms with E-state index in [9.17, 15) is 4.79 Å². The summed E-state index contributed by atoms with van der Waals surface area (Å²) in [6.45, 7) is 5.42. The second-order valence-corrected chi connectivity index (χ2v) is 7.07. The summed E-state index contributed by atoms with van der Waals surface area (Å²) in [7, 11) is 0. The Bertz CT molecular complexity index is 720. The Morgan fingerprint density at radius 3 is 2.87 bits per heavy atom. The highest BCUT2D eigenvalue weighted by Gasteiger charge is 2.30. The minimum Gasteiger partial charge on any atom is -0.347 e. The summed E-state index contributed by atoms with van der Waals surface area (Å²) >= 11 is 0. The number of amides is 1. The molecule has 5 rings (SSSR count). The molecule has 1 aromatic carbocycles. The number of carbonyl (C=O) groups is 1. The molecule has 4 heteroatoms. The van der Waals surface area contributed by atoms with Gasteiger partial charge in [-0.3, -0.25) is 9.78 Å². The van der Waals surface area contributed by atoms with Crippen LogP contribution in [0, 0.1) is 12.8 Å². The van der Waals surface area contributed by atoms with Gasteiger partial charge < -0.3 is 10.2 Å². The van der Waals surface area contributed by atoms with Crippen LogP contribution in [0.3, 0.4) is 0 Å². The number of carbonyl (C=O) groups excluding carboxylic acids is 1. The molecule has 23 heavy (non-hydrogen) atoms. The number of hydrogen-bond donors (Lipinski definition) is 1. The van der Waals surface area contributed by atoms with E-state index >= 15 is 0 Å². The highest BCUT2D eigenvalue weighted by atomic mass is 16.1. The maximum Gasteiger partial charge on any atom is 0.270 e. The lowest BCUT2D eigenvalue weighted by Crippen LogP contribution is -2.42. The first kappa shape index (κ1) is 14.6. The highest BCUT2D eigenvalue weighted by Crippen LogP contribution is 2.26. The summed E-state index contributed by atoms with van der Waals surface area (Å²) < 4.78 is 0. The molecule has 0 spiro atoms. The number of piperidine rings is 1. The van der Waals surface area contributed by atoms with Crippen molar-refractivity contribution in [3.8, 4) is 0 Å². The van der Waals surface area contributed by atoms with Gasteiger partial charge in [-0.2, -0.15) is 0 Å². The average Bonchev–Trinajstić information content (AvgIpc) is 2.86. The number of benzene rings is 1. The van der Waals surface area contributed by atoms with Gasteiger partial charge in [0, 0.05) is 24.2 Å². The van der Waals surface area contributed by atoms with Crippen LogP contribution < -0.4 is 5.32 Å². The molecule has 1 unspecified atom stereocenters. The predicted molar refractivity (Wildman–Crippen MR) is 91.5 cm³/mol. The maximum atomic E-state index is 12.6. The molecule has 2 bridgehead atoms. The van der Waals surface area contributed by atoms with E-state index < -0.39 is 0 Å². The van der Waals surface area contributed by atoms with Crippen LogP contribution in [0.25, 0.3) is 10.8 Å². The number of nitrogens with one attached hydrogen (secondary N) is 1. The van der Waals surface area contributed by atoms with E-state index in [4.69, 9.17) is 0 Å². The molecule has 1 aromatic heterocycles. The Morgan fingerprint density at radius 2 is 2.04 bits per heavy atom. The van der Waals surface area contributed by atoms with Crippen molar-refractivity contribution < 1.29 is 4.79 Å². The minimum atomic E-state index is -0.0408. The Hall–Kier alpha value is -1.94. The molecule has 120 valence electrons. The van der Waals surface area contributed by atoms with Crippen molar-refractivity contribution in [2.45, 2.75) is 32.2 Å². The van der Waals surface area contributed by atoms with Gasteiger partial charge in [0.2, 0.25) is 0 Å². The summed E-state index contributed by atoms with van der Waals surface area (Å²) in [4.78, 5) is 19.4. The van der Waals surface area contributed by atoms with Gasteiger partial charge in [-0.15, -0.1) is 0 Å². The van der Waals surface area contributed by atoms with Crippen molar-refractivity contribution in [1.82, 2.24) is 15.2 Å². The van der Waals surface area contributed by atoms with Gasteiger partial charge in [0.25, 0.3) is 5.91 Å². The fraction of sp³-hybridized carbons (Fsp3) is 0.474. The summed E-state index contributed by atoms with van der Waals surface area (Å²) in [5, 5.41) is 5.37. The van der Waals surface area contributed by atoms with Gasteiger partial charge >= 0.3 is 0 Å². The average molecular weight is 309 g/mol. The molecule has 3 saturated heterocycles. The first-order chi connectivity index (χ1) is 11.2. The Kier molecular flexibility index (Phi) is 3.77. The lowest BCUT2D eigenvalue weighted by Gasteiger charge is -2.26. The highest BCUT2D eigenvalue weighted by molar-refractivity contribution is 5.96. The summed E-state index contributed by atoms with van der Waals surface area (Å²) in [5.74, 6) is 0.729. The molecule has 0 radical (unpaired) electrons. The standard InChI is InChI=1S/C19H23N3O/c1-13-2-3-15-11-20-18(10-16(15)8-13)19(23)21-17-9-14-4-6-22(12-17)7-5-14/h2-3,8,10-11,14,17H,4-7,9,12H2,1H3,(H,21,23). The number of nitrogens with zero attached hydrogens (tertiary/aromatic N) is 2. The van der Waals surface area contributed by atoms with Crippen molar-refractivity contribution in [1.29, 1.82) is 0 Å². The second-order valence-electron chi connectivity index (χ2n) is 7.07. The molecule has 3 fully saturated rings. The Labute approximate surface area is 136 Å². The first-order valence-corrected chi connectivity index (χ1v) is 8.57. The molecule has 3 aliphatic heterocycles. The van der Waals surface area contributed by atoms with E-state index in [-0.39, 0.29) is 11.9 Å². The van der Waals surface area contributed by atoms with Crippen LogP contribution in [-0.4, -0.2) is 41.5 Å². The predicted octanol–water partition coefficient (Wildman–Crippen LogP) is 2.76. The topological polar surface area (TPSA) is 45.2 Å². The number of aromatic nitrogens is 1. The Morgan fingerprint density at radius 1 is 1.22 bits per heavy atom. The third kappa shape index (κ3) is 3.08. The lowest BCUT2D eigenvalue weighted by atomic mass is 9.94. The SMILES string of the molecule is Cc1ccc2cnc(C(=O)NC3CC4CCN(CC4)C3)cc2c1. The van der Waals surface area contributed by atoms with E-state index in [0.717, 1.165) is 29.7 Å². The van der Waals surface area contributed by atoms with Crippen LogP contribution in [0.15, 0.2) is 30.5 Å². The summed E-state index contributed by atoms with van der Waals surface area (Å²) in [6, 6.07) is 8.39. The van der Waals surface area contributed by atoms with Gasteiger partial charge in [-0.05, 0) is 56.6 Å². The molecule has 4 nitrogen and oxygen atoms in total. The number of rotatable bonds is 2. The van der Waals surface area contributed by atoms with Crippen LogP contribution in [-0.2, 0) is 0 Å². The van der Waals surface area contributed by atoms with Gasteiger partial charge in [0.05, 0.1) is 0 Å². The van der Waals surface area contributed by atoms with Gasteiger partial charge in [0.15, 0.2) is 0 Å². The quantitative estimate of drug-likeness (QED) is 0.928. The molecule has 1 N–H and O–H groups in total. The van der Waals surface area contributed by atoms with Crippen LogP contribution in [0.4, 0.5) is 0 Å². The normalized spacial score (nSPS) is 26.9. The number of pyridine rings is 1. The zero-order chi connectivity index (χ0) is 15.8. The van der Waals surface area contributed by atoms with Crippen LogP contribution in [0.2, 0.25) is 0 Å². The molecular weight excluding hydrogens is 286 g/mol. The molecule has 4 heterocycles. The minimum absolute atomic E-state index is 0.0408. The van der Waals surface area contributed by atoms with Gasteiger partial charge in [-0.25, -0.2) is 0 Å². The van der Waals surface area contributed by atoms with Crippen molar-refractivity contribution in [3.63, 3.8) is 0 Å². The van der Waals surface area contributed by atoms with Gasteiger partial charge in [0.1, 0.15) is 5.69 Å². The largest absolute Gasteiger partial charge is 0.347 e. The van der Waals surface area contributed by atoms with Crippen LogP contribution in [0.5, 0.6) is 0 Å². The van der Waals surface area contributed by atoms with E-state index in [1.54, 1.807) is 6.20 Å². The number of hydrogen-bond acceptors (Lipinski definition) is 3. The molecule has 1 amide bonds. The van der Waals surface area contributed by atoms with E-state index in [2.05, 4.69) is 40.3 Å². The summed E-state index contributed by atoms with van der Waals surface area (Å²) in [6.07, 6.45) is 5.46.